The second-order valence-corrected chi connectivity index (χ2v) is 7.17. The zero-order chi connectivity index (χ0) is 17.1. The molecule has 0 aromatic carbocycles. The third-order valence-electron chi connectivity index (χ3n) is 3.86. The highest BCUT2D eigenvalue weighted by atomic mass is 16.6. The molecule has 1 aliphatic rings. The number of piperazine rings is 1. The normalized spacial score (nSPS) is 17.2. The highest BCUT2D eigenvalue weighted by molar-refractivity contribution is 5.67. The van der Waals surface area contributed by atoms with Gasteiger partial charge in [-0.3, -0.25) is 0 Å². The smallest absolute Gasteiger partial charge is 0.407 e. The van der Waals surface area contributed by atoms with E-state index in [2.05, 4.69) is 27.4 Å². The van der Waals surface area contributed by atoms with E-state index in [1.807, 2.05) is 20.8 Å². The van der Waals surface area contributed by atoms with Crippen molar-refractivity contribution in [3.63, 3.8) is 0 Å². The van der Waals surface area contributed by atoms with E-state index in [-0.39, 0.29) is 6.09 Å². The van der Waals surface area contributed by atoms with E-state index in [4.69, 9.17) is 4.74 Å². The summed E-state index contributed by atoms with van der Waals surface area (Å²) in [6, 6.07) is 0. The van der Waals surface area contributed by atoms with Crippen LogP contribution >= 0.6 is 0 Å². The first-order valence-electron chi connectivity index (χ1n) is 9.03. The van der Waals surface area contributed by atoms with Crippen molar-refractivity contribution in [2.24, 2.45) is 0 Å². The van der Waals surface area contributed by atoms with Gasteiger partial charge in [0, 0.05) is 32.7 Å². The number of hydrogen-bond acceptors (Lipinski definition) is 5. The second kappa shape index (κ2) is 10.8. The predicted octanol–water partition coefficient (Wildman–Crippen LogP) is 1.52. The van der Waals surface area contributed by atoms with Gasteiger partial charge in [-0.05, 0) is 59.8 Å². The average Bonchev–Trinajstić information content (AvgIpc) is 2.48. The summed E-state index contributed by atoms with van der Waals surface area (Å²) in [4.78, 5) is 16.6. The lowest BCUT2D eigenvalue weighted by atomic mass is 10.2. The lowest BCUT2D eigenvalue weighted by molar-refractivity contribution is 0.0524. The number of nitrogens with zero attached hydrogens (tertiary/aromatic N) is 2. The molecule has 0 bridgehead atoms. The summed E-state index contributed by atoms with van der Waals surface area (Å²) in [6.45, 7) is 17.5. The molecule has 0 aromatic heterocycles. The summed E-state index contributed by atoms with van der Waals surface area (Å²) in [6.07, 6.45) is 1.89. The lowest BCUT2D eigenvalue weighted by Gasteiger charge is -2.34. The topological polar surface area (TPSA) is 56.8 Å². The van der Waals surface area contributed by atoms with Crippen LogP contribution in [0.3, 0.4) is 0 Å². The van der Waals surface area contributed by atoms with Crippen molar-refractivity contribution in [2.45, 2.75) is 46.1 Å². The van der Waals surface area contributed by atoms with Crippen LogP contribution in [-0.4, -0.2) is 80.4 Å². The van der Waals surface area contributed by atoms with Crippen LogP contribution in [0, 0.1) is 0 Å². The summed E-state index contributed by atoms with van der Waals surface area (Å²) in [5.41, 5.74) is -0.424. The first kappa shape index (κ1) is 20.2. The van der Waals surface area contributed by atoms with Crippen LogP contribution in [0.2, 0.25) is 0 Å². The van der Waals surface area contributed by atoms with Crippen LogP contribution in [0.1, 0.15) is 40.5 Å². The van der Waals surface area contributed by atoms with Crippen molar-refractivity contribution < 1.29 is 9.53 Å². The monoisotopic (exact) mass is 328 g/mol. The van der Waals surface area contributed by atoms with Crippen LogP contribution in [0.5, 0.6) is 0 Å². The summed E-state index contributed by atoms with van der Waals surface area (Å²) in [5, 5.41) is 6.19. The fourth-order valence-corrected chi connectivity index (χ4v) is 2.65. The Bertz CT molecular complexity index is 323. The van der Waals surface area contributed by atoms with E-state index >= 15 is 0 Å². The minimum Gasteiger partial charge on any atom is -0.444 e. The van der Waals surface area contributed by atoms with E-state index in [0.29, 0.717) is 6.54 Å². The molecule has 0 saturated carbocycles. The number of carbonyl (C=O) groups excluding carboxylic acids is 1. The molecular weight excluding hydrogens is 292 g/mol. The largest absolute Gasteiger partial charge is 0.444 e. The summed E-state index contributed by atoms with van der Waals surface area (Å²) >= 11 is 0. The average molecular weight is 329 g/mol. The Kier molecular flexibility index (Phi) is 9.52. The maximum atomic E-state index is 11.5. The molecule has 1 saturated heterocycles. The molecule has 1 heterocycles. The van der Waals surface area contributed by atoms with E-state index in [0.717, 1.165) is 52.2 Å². The third kappa shape index (κ3) is 10.5. The molecule has 1 aliphatic heterocycles. The standard InChI is InChI=1S/C17H36N4O2/c1-5-18-8-6-10-20-12-14-21(15-13-20)11-7-9-19-16(22)23-17(2,3)4/h18H,5-15H2,1-4H3,(H,19,22). The molecule has 1 fully saturated rings. The molecule has 0 spiro atoms. The molecule has 0 radical (unpaired) electrons. The van der Waals surface area contributed by atoms with E-state index in [1.54, 1.807) is 0 Å². The van der Waals surface area contributed by atoms with Gasteiger partial charge in [-0.25, -0.2) is 4.79 Å². The second-order valence-electron chi connectivity index (χ2n) is 7.17. The molecule has 0 atom stereocenters. The third-order valence-corrected chi connectivity index (χ3v) is 3.86. The van der Waals surface area contributed by atoms with Crippen molar-refractivity contribution in [2.75, 3.05) is 58.9 Å². The van der Waals surface area contributed by atoms with E-state index < -0.39 is 5.60 Å². The van der Waals surface area contributed by atoms with Gasteiger partial charge in [0.05, 0.1) is 0 Å². The molecule has 6 nitrogen and oxygen atoms in total. The van der Waals surface area contributed by atoms with Crippen LogP contribution in [0.25, 0.3) is 0 Å². The fraction of sp³-hybridized carbons (Fsp3) is 0.941. The molecule has 6 heteroatoms. The number of alkyl carbamates (subject to hydrolysis) is 1. The number of carbonyl (C=O) groups is 1. The molecule has 1 rings (SSSR count). The first-order chi connectivity index (χ1) is 10.9. The number of rotatable bonds is 9. The molecule has 0 unspecified atom stereocenters. The minimum atomic E-state index is -0.424. The van der Waals surface area contributed by atoms with Crippen molar-refractivity contribution >= 4 is 6.09 Å². The van der Waals surface area contributed by atoms with Gasteiger partial charge in [-0.2, -0.15) is 0 Å². The van der Waals surface area contributed by atoms with Gasteiger partial charge in [0.2, 0.25) is 0 Å². The quantitative estimate of drug-likeness (QED) is 0.629. The molecule has 1 amide bonds. The molecule has 0 aromatic rings. The number of ether oxygens (including phenoxy) is 1. The van der Waals surface area contributed by atoms with E-state index in [1.165, 1.54) is 13.0 Å². The number of nitrogens with one attached hydrogen (secondary N) is 2. The summed E-state index contributed by atoms with van der Waals surface area (Å²) in [7, 11) is 0. The zero-order valence-corrected chi connectivity index (χ0v) is 15.5. The van der Waals surface area contributed by atoms with Crippen LogP contribution in [-0.2, 0) is 4.74 Å². The van der Waals surface area contributed by atoms with Crippen molar-refractivity contribution in [3.05, 3.63) is 0 Å². The molecule has 0 aliphatic carbocycles. The zero-order valence-electron chi connectivity index (χ0n) is 15.5. The maximum absolute atomic E-state index is 11.5. The number of amides is 1. The Morgan fingerprint density at radius 3 is 2.00 bits per heavy atom. The highest BCUT2D eigenvalue weighted by Crippen LogP contribution is 2.06. The fourth-order valence-electron chi connectivity index (χ4n) is 2.65. The predicted molar refractivity (Wildman–Crippen MR) is 94.9 cm³/mol. The summed E-state index contributed by atoms with van der Waals surface area (Å²) in [5.74, 6) is 0. The van der Waals surface area contributed by atoms with Crippen LogP contribution < -0.4 is 10.6 Å². The summed E-state index contributed by atoms with van der Waals surface area (Å²) < 4.78 is 5.22. The molecule has 2 N–H and O–H groups in total. The van der Waals surface area contributed by atoms with Crippen LogP contribution in [0.15, 0.2) is 0 Å². The Hall–Kier alpha value is -0.850. The number of hydrogen-bond donors (Lipinski definition) is 2. The SMILES string of the molecule is CCNCCCN1CCN(CCCNC(=O)OC(C)(C)C)CC1. The van der Waals surface area contributed by atoms with Crippen LogP contribution in [0.4, 0.5) is 4.79 Å². The molecular formula is C17H36N4O2. The lowest BCUT2D eigenvalue weighted by Crippen LogP contribution is -2.47. The van der Waals surface area contributed by atoms with Gasteiger partial charge in [0.15, 0.2) is 0 Å². The van der Waals surface area contributed by atoms with Gasteiger partial charge >= 0.3 is 6.09 Å². The Morgan fingerprint density at radius 1 is 1.00 bits per heavy atom. The van der Waals surface area contributed by atoms with Gasteiger partial charge < -0.3 is 25.2 Å². The van der Waals surface area contributed by atoms with Gasteiger partial charge in [-0.15, -0.1) is 0 Å². The van der Waals surface area contributed by atoms with Crippen molar-refractivity contribution in [1.29, 1.82) is 0 Å². The minimum absolute atomic E-state index is 0.317. The first-order valence-corrected chi connectivity index (χ1v) is 9.03. The van der Waals surface area contributed by atoms with Gasteiger partial charge in [0.1, 0.15) is 5.60 Å². The Morgan fingerprint density at radius 2 is 1.52 bits per heavy atom. The van der Waals surface area contributed by atoms with Crippen molar-refractivity contribution in [1.82, 2.24) is 20.4 Å². The molecule has 23 heavy (non-hydrogen) atoms. The highest BCUT2D eigenvalue weighted by Gasteiger charge is 2.17. The Labute approximate surface area is 141 Å². The van der Waals surface area contributed by atoms with Crippen molar-refractivity contribution in [3.8, 4) is 0 Å². The van der Waals surface area contributed by atoms with E-state index in [9.17, 15) is 4.79 Å². The maximum Gasteiger partial charge on any atom is 0.407 e. The molecule has 136 valence electrons. The van der Waals surface area contributed by atoms with Gasteiger partial charge in [-0.1, -0.05) is 6.92 Å². The van der Waals surface area contributed by atoms with Gasteiger partial charge in [0.25, 0.3) is 0 Å². The Balaban J connectivity index is 2.00.